The number of carboxylic acid groups (broad SMARTS) is 1. The summed E-state index contributed by atoms with van der Waals surface area (Å²) in [7, 11) is 0. The minimum absolute atomic E-state index is 0.0441. The fourth-order valence-electron chi connectivity index (χ4n) is 0.253. The van der Waals surface area contributed by atoms with Gasteiger partial charge in [0.05, 0.1) is 0 Å². The van der Waals surface area contributed by atoms with Gasteiger partial charge in [0, 0.05) is 6.08 Å². The van der Waals surface area contributed by atoms with Gasteiger partial charge >= 0.3 is 5.97 Å². The Balaban J connectivity index is 3.86. The van der Waals surface area contributed by atoms with E-state index in [1.54, 1.807) is 6.92 Å². The molecule has 0 aliphatic heterocycles. The van der Waals surface area contributed by atoms with Gasteiger partial charge in [0.2, 0.25) is 0 Å². The van der Waals surface area contributed by atoms with Gasteiger partial charge in [-0.3, -0.25) is 0 Å². The van der Waals surface area contributed by atoms with Crippen molar-refractivity contribution in [2.24, 2.45) is 0 Å². The molecule has 0 spiro atoms. The van der Waals surface area contributed by atoms with Crippen molar-refractivity contribution in [2.45, 2.75) is 6.92 Å². The molecule has 0 aliphatic rings. The van der Waals surface area contributed by atoms with Gasteiger partial charge in [0.1, 0.15) is 5.76 Å². The zero-order valence-electron chi connectivity index (χ0n) is 5.03. The molecule has 50 valence electrons. The Hall–Kier alpha value is -1.25. The molecule has 0 radical (unpaired) electrons. The maximum absolute atomic E-state index is 9.79. The standard InChI is InChI=1S/C6H8O3/c1-2-5(7)3-4-6(8)9/h2-4,7H,1H3,(H,8,9)/b4-3+,5-2+. The number of allylic oxidation sites excluding steroid dienone is 2. The quantitative estimate of drug-likeness (QED) is 0.332. The van der Waals surface area contributed by atoms with Crippen LogP contribution in [0.1, 0.15) is 6.92 Å². The van der Waals surface area contributed by atoms with E-state index in [0.717, 1.165) is 12.2 Å². The third-order valence-corrected chi connectivity index (χ3v) is 0.692. The van der Waals surface area contributed by atoms with Crippen LogP contribution in [-0.2, 0) is 4.79 Å². The molecule has 0 aromatic carbocycles. The van der Waals surface area contributed by atoms with Crippen molar-refractivity contribution in [3.05, 3.63) is 24.0 Å². The van der Waals surface area contributed by atoms with E-state index in [1.807, 2.05) is 0 Å². The van der Waals surface area contributed by atoms with Crippen molar-refractivity contribution in [3.8, 4) is 0 Å². The highest BCUT2D eigenvalue weighted by Gasteiger charge is 1.85. The van der Waals surface area contributed by atoms with Gasteiger partial charge in [-0.1, -0.05) is 0 Å². The molecule has 0 fully saturated rings. The van der Waals surface area contributed by atoms with E-state index in [2.05, 4.69) is 0 Å². The molecule has 0 saturated heterocycles. The molecule has 3 heteroatoms. The highest BCUT2D eigenvalue weighted by Crippen LogP contribution is 1.88. The molecule has 0 aromatic rings. The number of carbonyl (C=O) groups is 1. The second-order valence-electron chi connectivity index (χ2n) is 1.39. The summed E-state index contributed by atoms with van der Waals surface area (Å²) < 4.78 is 0. The van der Waals surface area contributed by atoms with Gasteiger partial charge in [-0.25, -0.2) is 4.79 Å². The summed E-state index contributed by atoms with van der Waals surface area (Å²) in [5, 5.41) is 16.7. The Morgan fingerprint density at radius 3 is 2.22 bits per heavy atom. The van der Waals surface area contributed by atoms with Crippen LogP contribution in [0, 0.1) is 0 Å². The summed E-state index contributed by atoms with van der Waals surface area (Å²) in [5.41, 5.74) is 0. The van der Waals surface area contributed by atoms with Crippen LogP contribution in [0.2, 0.25) is 0 Å². The van der Waals surface area contributed by atoms with E-state index in [0.29, 0.717) is 0 Å². The van der Waals surface area contributed by atoms with E-state index in [1.165, 1.54) is 6.08 Å². The Labute approximate surface area is 52.9 Å². The summed E-state index contributed by atoms with van der Waals surface area (Å²) >= 11 is 0. The number of aliphatic carboxylic acids is 1. The maximum Gasteiger partial charge on any atom is 0.328 e. The number of aliphatic hydroxyl groups excluding tert-OH is 1. The van der Waals surface area contributed by atoms with Crippen LogP contribution in [0.3, 0.4) is 0 Å². The van der Waals surface area contributed by atoms with E-state index >= 15 is 0 Å². The minimum Gasteiger partial charge on any atom is -0.508 e. The average Bonchev–Trinajstić information content (AvgIpc) is 1.83. The molecule has 0 aromatic heterocycles. The molecule has 3 nitrogen and oxygen atoms in total. The first-order valence-electron chi connectivity index (χ1n) is 2.43. The highest BCUT2D eigenvalue weighted by molar-refractivity contribution is 5.80. The number of aliphatic hydroxyl groups is 1. The minimum atomic E-state index is -1.07. The molecular weight excluding hydrogens is 120 g/mol. The molecule has 0 amide bonds. The molecule has 0 aliphatic carbocycles. The molecule has 0 unspecified atom stereocenters. The number of hydrogen-bond donors (Lipinski definition) is 2. The van der Waals surface area contributed by atoms with Crippen LogP contribution < -0.4 is 0 Å². The first-order chi connectivity index (χ1) is 4.16. The third kappa shape index (κ3) is 4.61. The molecular formula is C6H8O3. The Morgan fingerprint density at radius 1 is 1.33 bits per heavy atom. The van der Waals surface area contributed by atoms with E-state index in [4.69, 9.17) is 10.2 Å². The number of hydrogen-bond acceptors (Lipinski definition) is 2. The molecule has 0 rings (SSSR count). The molecule has 0 saturated carbocycles. The second-order valence-corrected chi connectivity index (χ2v) is 1.39. The summed E-state index contributed by atoms with van der Waals surface area (Å²) in [6.45, 7) is 1.61. The fraction of sp³-hybridized carbons (Fsp3) is 0.167. The average molecular weight is 128 g/mol. The molecule has 0 atom stereocenters. The Morgan fingerprint density at radius 2 is 1.89 bits per heavy atom. The predicted octanol–water partition coefficient (Wildman–Crippen LogP) is 1.09. The first kappa shape index (κ1) is 7.75. The number of rotatable bonds is 2. The fourth-order valence-corrected chi connectivity index (χ4v) is 0.253. The van der Waals surface area contributed by atoms with Gasteiger partial charge in [-0.2, -0.15) is 0 Å². The first-order valence-corrected chi connectivity index (χ1v) is 2.43. The van der Waals surface area contributed by atoms with Crippen LogP contribution in [0.25, 0.3) is 0 Å². The van der Waals surface area contributed by atoms with Crippen molar-refractivity contribution in [2.75, 3.05) is 0 Å². The Kier molecular flexibility index (Phi) is 3.20. The van der Waals surface area contributed by atoms with Crippen molar-refractivity contribution in [1.82, 2.24) is 0 Å². The van der Waals surface area contributed by atoms with Gasteiger partial charge in [-0.05, 0) is 19.1 Å². The summed E-state index contributed by atoms with van der Waals surface area (Å²) in [5.74, 6) is -1.11. The lowest BCUT2D eigenvalue weighted by Gasteiger charge is -1.83. The predicted molar refractivity (Wildman–Crippen MR) is 33.2 cm³/mol. The van der Waals surface area contributed by atoms with Gasteiger partial charge < -0.3 is 10.2 Å². The third-order valence-electron chi connectivity index (χ3n) is 0.692. The smallest absolute Gasteiger partial charge is 0.328 e. The summed E-state index contributed by atoms with van der Waals surface area (Å²) in [4.78, 5) is 9.79. The summed E-state index contributed by atoms with van der Waals surface area (Å²) in [6, 6.07) is 0. The highest BCUT2D eigenvalue weighted by atomic mass is 16.4. The topological polar surface area (TPSA) is 57.5 Å². The van der Waals surface area contributed by atoms with Gasteiger partial charge in [0.25, 0.3) is 0 Å². The van der Waals surface area contributed by atoms with Crippen molar-refractivity contribution < 1.29 is 15.0 Å². The zero-order chi connectivity index (χ0) is 7.28. The van der Waals surface area contributed by atoms with E-state index in [-0.39, 0.29) is 5.76 Å². The SMILES string of the molecule is C/C=C(O)\C=C\C(=O)O. The van der Waals surface area contributed by atoms with Crippen LogP contribution >= 0.6 is 0 Å². The lowest BCUT2D eigenvalue weighted by Crippen LogP contribution is -1.86. The summed E-state index contributed by atoms with van der Waals surface area (Å²) in [6.07, 6.45) is 3.39. The van der Waals surface area contributed by atoms with E-state index < -0.39 is 5.97 Å². The van der Waals surface area contributed by atoms with Crippen LogP contribution in [0.4, 0.5) is 0 Å². The lowest BCUT2D eigenvalue weighted by molar-refractivity contribution is -0.131. The molecule has 0 heterocycles. The molecule has 0 bridgehead atoms. The van der Waals surface area contributed by atoms with Gasteiger partial charge in [-0.15, -0.1) is 0 Å². The van der Waals surface area contributed by atoms with Crippen LogP contribution in [-0.4, -0.2) is 16.2 Å². The Bertz CT molecular complexity index is 156. The van der Waals surface area contributed by atoms with E-state index in [9.17, 15) is 4.79 Å². The number of carboxylic acids is 1. The van der Waals surface area contributed by atoms with Crippen molar-refractivity contribution in [1.29, 1.82) is 0 Å². The van der Waals surface area contributed by atoms with Crippen molar-refractivity contribution >= 4 is 5.97 Å². The molecule has 9 heavy (non-hydrogen) atoms. The van der Waals surface area contributed by atoms with Gasteiger partial charge in [0.15, 0.2) is 0 Å². The van der Waals surface area contributed by atoms with Crippen LogP contribution in [0.15, 0.2) is 24.0 Å². The van der Waals surface area contributed by atoms with Crippen LogP contribution in [0.5, 0.6) is 0 Å². The lowest BCUT2D eigenvalue weighted by atomic mass is 10.4. The largest absolute Gasteiger partial charge is 0.508 e. The molecule has 2 N–H and O–H groups in total. The van der Waals surface area contributed by atoms with Crippen molar-refractivity contribution in [3.63, 3.8) is 0 Å². The normalized spacial score (nSPS) is 12.3. The maximum atomic E-state index is 9.79. The second kappa shape index (κ2) is 3.72. The zero-order valence-corrected chi connectivity index (χ0v) is 5.03. The monoisotopic (exact) mass is 128 g/mol.